The van der Waals surface area contributed by atoms with Gasteiger partial charge in [-0.3, -0.25) is 4.79 Å². The smallest absolute Gasteiger partial charge is 0.234 e. The Labute approximate surface area is 54.8 Å². The summed E-state index contributed by atoms with van der Waals surface area (Å²) in [5.74, 6) is 0.119. The van der Waals surface area contributed by atoms with E-state index in [-0.39, 0.29) is 5.91 Å². The molecule has 1 atom stereocenters. The van der Waals surface area contributed by atoms with E-state index in [1.807, 2.05) is 0 Å². The van der Waals surface area contributed by atoms with Crippen LogP contribution in [-0.2, 0) is 4.79 Å². The summed E-state index contributed by atoms with van der Waals surface area (Å²) in [6.07, 6.45) is 1.01. The van der Waals surface area contributed by atoms with E-state index in [0.29, 0.717) is 12.6 Å². The van der Waals surface area contributed by atoms with Crippen molar-refractivity contribution in [3.05, 3.63) is 0 Å². The van der Waals surface area contributed by atoms with Gasteiger partial charge in [0.05, 0.1) is 6.54 Å². The molecule has 1 rings (SSSR count). The lowest BCUT2D eigenvalue weighted by atomic mass is 10.2. The van der Waals surface area contributed by atoms with E-state index in [0.717, 1.165) is 13.0 Å². The van der Waals surface area contributed by atoms with Crippen molar-refractivity contribution in [2.75, 3.05) is 13.1 Å². The quantitative estimate of drug-likeness (QED) is 0.499. The molecular formula is C6H12N2O. The van der Waals surface area contributed by atoms with E-state index in [1.54, 1.807) is 0 Å². The molecule has 2 N–H and O–H groups in total. The van der Waals surface area contributed by atoms with Gasteiger partial charge in [-0.2, -0.15) is 0 Å². The monoisotopic (exact) mass is 128 g/mol. The molecule has 0 unspecified atom stereocenters. The maximum Gasteiger partial charge on any atom is 0.234 e. The van der Waals surface area contributed by atoms with Gasteiger partial charge < -0.3 is 10.6 Å². The van der Waals surface area contributed by atoms with Gasteiger partial charge in [0.1, 0.15) is 0 Å². The van der Waals surface area contributed by atoms with Crippen molar-refractivity contribution >= 4 is 5.91 Å². The topological polar surface area (TPSA) is 41.1 Å². The zero-order valence-corrected chi connectivity index (χ0v) is 5.61. The minimum atomic E-state index is 0.119. The van der Waals surface area contributed by atoms with E-state index < -0.39 is 0 Å². The van der Waals surface area contributed by atoms with Crippen molar-refractivity contribution in [3.63, 3.8) is 0 Å². The molecule has 0 radical (unpaired) electrons. The highest BCUT2D eigenvalue weighted by atomic mass is 16.2. The van der Waals surface area contributed by atoms with Gasteiger partial charge in [0.2, 0.25) is 5.91 Å². The molecule has 0 saturated carbocycles. The fourth-order valence-electron chi connectivity index (χ4n) is 0.936. The lowest BCUT2D eigenvalue weighted by Gasteiger charge is -2.22. The van der Waals surface area contributed by atoms with Gasteiger partial charge in [0.15, 0.2) is 0 Å². The number of rotatable bonds is 1. The van der Waals surface area contributed by atoms with Crippen LogP contribution in [-0.4, -0.2) is 25.0 Å². The molecule has 0 aromatic carbocycles. The maximum atomic E-state index is 10.7. The van der Waals surface area contributed by atoms with Crippen LogP contribution in [0.2, 0.25) is 0 Å². The molecule has 52 valence electrons. The normalized spacial score (nSPS) is 27.7. The Morgan fingerprint density at radius 3 is 3.00 bits per heavy atom. The third-order valence-corrected chi connectivity index (χ3v) is 1.53. The van der Waals surface area contributed by atoms with Crippen LogP contribution in [0.15, 0.2) is 0 Å². The van der Waals surface area contributed by atoms with Crippen LogP contribution in [0.5, 0.6) is 0 Å². The third kappa shape index (κ3) is 1.68. The summed E-state index contributed by atoms with van der Waals surface area (Å²) in [6, 6.07) is 0.353. The number of hydrogen-bond acceptors (Lipinski definition) is 2. The number of carbonyl (C=O) groups is 1. The Balaban J connectivity index is 2.32. The fraction of sp³-hybridized carbons (Fsp3) is 0.833. The van der Waals surface area contributed by atoms with Crippen LogP contribution < -0.4 is 10.6 Å². The van der Waals surface area contributed by atoms with E-state index in [4.69, 9.17) is 0 Å². The largest absolute Gasteiger partial charge is 0.351 e. The molecule has 0 spiro atoms. The van der Waals surface area contributed by atoms with E-state index >= 15 is 0 Å². The molecule has 0 aromatic rings. The van der Waals surface area contributed by atoms with Crippen LogP contribution >= 0.6 is 0 Å². The van der Waals surface area contributed by atoms with Crippen LogP contribution in [0.4, 0.5) is 0 Å². The molecule has 9 heavy (non-hydrogen) atoms. The predicted octanol–water partition coefficient (Wildman–Crippen LogP) is -0.516. The first-order valence-corrected chi connectivity index (χ1v) is 3.33. The minimum Gasteiger partial charge on any atom is -0.351 e. The number of hydrogen-bond donors (Lipinski definition) is 2. The first kappa shape index (κ1) is 6.55. The van der Waals surface area contributed by atoms with Crippen LogP contribution in [0, 0.1) is 0 Å². The molecule has 1 fully saturated rings. The van der Waals surface area contributed by atoms with Gasteiger partial charge in [-0.05, 0) is 6.42 Å². The first-order valence-electron chi connectivity index (χ1n) is 3.33. The molecule has 1 aliphatic heterocycles. The Kier molecular flexibility index (Phi) is 2.05. The van der Waals surface area contributed by atoms with Crippen molar-refractivity contribution < 1.29 is 4.79 Å². The highest BCUT2D eigenvalue weighted by Gasteiger charge is 2.14. The second-order valence-electron chi connectivity index (χ2n) is 2.30. The molecule has 0 aromatic heterocycles. The Hall–Kier alpha value is -0.570. The molecule has 3 nitrogen and oxygen atoms in total. The summed E-state index contributed by atoms with van der Waals surface area (Å²) >= 11 is 0. The maximum absolute atomic E-state index is 10.7. The average Bonchev–Trinajstić information content (AvgIpc) is 1.88. The molecule has 3 heteroatoms. The van der Waals surface area contributed by atoms with Gasteiger partial charge in [0, 0.05) is 12.6 Å². The molecule has 1 heterocycles. The van der Waals surface area contributed by atoms with Crippen LogP contribution in [0.25, 0.3) is 0 Å². The highest BCUT2D eigenvalue weighted by molar-refractivity contribution is 5.79. The summed E-state index contributed by atoms with van der Waals surface area (Å²) in [5, 5.41) is 5.89. The van der Waals surface area contributed by atoms with Gasteiger partial charge in [-0.1, -0.05) is 6.92 Å². The molecule has 1 saturated heterocycles. The number of nitrogens with one attached hydrogen (secondary N) is 2. The Morgan fingerprint density at radius 1 is 1.78 bits per heavy atom. The molecular weight excluding hydrogens is 116 g/mol. The van der Waals surface area contributed by atoms with Crippen LogP contribution in [0.1, 0.15) is 13.3 Å². The second kappa shape index (κ2) is 2.82. The van der Waals surface area contributed by atoms with E-state index in [1.165, 1.54) is 0 Å². The minimum absolute atomic E-state index is 0.119. The summed E-state index contributed by atoms with van der Waals surface area (Å²) in [5.41, 5.74) is 0. The zero-order chi connectivity index (χ0) is 6.69. The first-order chi connectivity index (χ1) is 4.33. The SMILES string of the molecule is CC[C@H]1CNCC(=O)N1. The summed E-state index contributed by atoms with van der Waals surface area (Å²) in [4.78, 5) is 10.7. The molecule has 1 amide bonds. The standard InChI is InChI=1S/C6H12N2O/c1-2-5-3-7-4-6(9)8-5/h5,7H,2-4H2,1H3,(H,8,9)/t5-/m0/s1. The second-order valence-corrected chi connectivity index (χ2v) is 2.30. The zero-order valence-electron chi connectivity index (χ0n) is 5.61. The van der Waals surface area contributed by atoms with Crippen molar-refractivity contribution in [1.29, 1.82) is 0 Å². The fourth-order valence-corrected chi connectivity index (χ4v) is 0.936. The summed E-state index contributed by atoms with van der Waals surface area (Å²) in [6.45, 7) is 3.47. The number of carbonyl (C=O) groups excluding carboxylic acids is 1. The predicted molar refractivity (Wildman–Crippen MR) is 35.1 cm³/mol. The lowest BCUT2D eigenvalue weighted by Crippen LogP contribution is -2.51. The van der Waals surface area contributed by atoms with Gasteiger partial charge >= 0.3 is 0 Å². The lowest BCUT2D eigenvalue weighted by molar-refractivity contribution is -0.122. The number of piperazine rings is 1. The highest BCUT2D eigenvalue weighted by Crippen LogP contribution is 1.91. The van der Waals surface area contributed by atoms with Crippen LogP contribution in [0.3, 0.4) is 0 Å². The van der Waals surface area contributed by atoms with Crippen molar-refractivity contribution in [3.8, 4) is 0 Å². The van der Waals surface area contributed by atoms with Crippen molar-refractivity contribution in [2.24, 2.45) is 0 Å². The molecule has 0 aliphatic carbocycles. The van der Waals surface area contributed by atoms with Crippen molar-refractivity contribution in [2.45, 2.75) is 19.4 Å². The summed E-state index contributed by atoms with van der Waals surface area (Å²) in [7, 11) is 0. The van der Waals surface area contributed by atoms with Crippen molar-refractivity contribution in [1.82, 2.24) is 10.6 Å². The molecule has 0 bridgehead atoms. The Morgan fingerprint density at radius 2 is 2.56 bits per heavy atom. The summed E-state index contributed by atoms with van der Waals surface area (Å²) < 4.78 is 0. The third-order valence-electron chi connectivity index (χ3n) is 1.53. The van der Waals surface area contributed by atoms with E-state index in [2.05, 4.69) is 17.6 Å². The molecule has 1 aliphatic rings. The van der Waals surface area contributed by atoms with Gasteiger partial charge in [0.25, 0.3) is 0 Å². The van der Waals surface area contributed by atoms with Gasteiger partial charge in [-0.15, -0.1) is 0 Å². The number of amides is 1. The van der Waals surface area contributed by atoms with Gasteiger partial charge in [-0.25, -0.2) is 0 Å². The van der Waals surface area contributed by atoms with E-state index in [9.17, 15) is 4.79 Å². The average molecular weight is 128 g/mol. The Bertz CT molecular complexity index is 114.